The number of hydrogen-bond acceptors (Lipinski definition) is 6. The molecular weight excluding hydrogens is 396 g/mol. The predicted octanol–water partition coefficient (Wildman–Crippen LogP) is 2.99. The summed E-state index contributed by atoms with van der Waals surface area (Å²) in [4.78, 5) is 34.5. The molecular formula is C22H28N6O3. The van der Waals surface area contributed by atoms with Gasteiger partial charge in [0.05, 0.1) is 24.1 Å². The number of carbonyl (C=O) groups excluding carboxylic acids is 2. The van der Waals surface area contributed by atoms with Crippen LogP contribution in [0.5, 0.6) is 0 Å². The van der Waals surface area contributed by atoms with Crippen LogP contribution in [-0.4, -0.2) is 45.7 Å². The minimum absolute atomic E-state index is 0.157. The quantitative estimate of drug-likeness (QED) is 0.602. The van der Waals surface area contributed by atoms with Gasteiger partial charge in [-0.2, -0.15) is 0 Å². The summed E-state index contributed by atoms with van der Waals surface area (Å²) in [6.07, 6.45) is 2.03. The molecule has 1 fully saturated rings. The molecule has 9 nitrogen and oxygen atoms in total. The second kappa shape index (κ2) is 8.41. The molecule has 1 atom stereocenters. The Balaban J connectivity index is 1.74. The lowest BCUT2D eigenvalue weighted by molar-refractivity contribution is -0.119. The fraction of sp³-hybridized carbons (Fsp3) is 0.455. The normalized spacial score (nSPS) is 16.3. The number of amides is 2. The largest absolute Gasteiger partial charge is 0.442 e. The van der Waals surface area contributed by atoms with Gasteiger partial charge < -0.3 is 20.4 Å². The summed E-state index contributed by atoms with van der Waals surface area (Å²) in [5.74, 6) is 1.25. The van der Waals surface area contributed by atoms with Crippen molar-refractivity contribution in [2.75, 3.05) is 23.7 Å². The number of ether oxygens (including phenoxy) is 1. The van der Waals surface area contributed by atoms with E-state index in [2.05, 4.69) is 28.7 Å². The van der Waals surface area contributed by atoms with Crippen LogP contribution in [0.4, 0.5) is 16.3 Å². The highest BCUT2D eigenvalue weighted by molar-refractivity contribution is 6.08. The van der Waals surface area contributed by atoms with Gasteiger partial charge in [-0.25, -0.2) is 14.8 Å². The topological polar surface area (TPSA) is 115 Å². The van der Waals surface area contributed by atoms with Gasteiger partial charge in [0, 0.05) is 31.0 Å². The number of nitrogens with two attached hydrogens (primary N) is 1. The van der Waals surface area contributed by atoms with Gasteiger partial charge in [0.15, 0.2) is 5.82 Å². The lowest BCUT2D eigenvalue weighted by Crippen LogP contribution is -2.33. The Labute approximate surface area is 180 Å². The number of benzene rings is 1. The molecule has 3 heterocycles. The van der Waals surface area contributed by atoms with Crippen LogP contribution in [0.15, 0.2) is 18.2 Å². The van der Waals surface area contributed by atoms with Gasteiger partial charge in [0.2, 0.25) is 5.91 Å². The van der Waals surface area contributed by atoms with Gasteiger partial charge in [-0.3, -0.25) is 9.69 Å². The molecule has 1 saturated heterocycles. The molecule has 0 saturated carbocycles. The van der Waals surface area contributed by atoms with Crippen molar-refractivity contribution in [1.82, 2.24) is 19.9 Å². The van der Waals surface area contributed by atoms with Gasteiger partial charge in [-0.15, -0.1) is 0 Å². The predicted molar refractivity (Wildman–Crippen MR) is 120 cm³/mol. The summed E-state index contributed by atoms with van der Waals surface area (Å²) in [5, 5.41) is 3.64. The fourth-order valence-electron chi connectivity index (χ4n) is 4.09. The molecule has 0 spiro atoms. The Bertz CT molecular complexity index is 1160. The van der Waals surface area contributed by atoms with E-state index in [4.69, 9.17) is 15.5 Å². The minimum atomic E-state index is -0.440. The number of aromatic nitrogens is 3. The van der Waals surface area contributed by atoms with Crippen molar-refractivity contribution in [2.45, 2.75) is 52.7 Å². The van der Waals surface area contributed by atoms with Crippen molar-refractivity contribution < 1.29 is 14.3 Å². The van der Waals surface area contributed by atoms with E-state index in [0.717, 1.165) is 48.1 Å². The highest BCUT2D eigenvalue weighted by Gasteiger charge is 2.32. The van der Waals surface area contributed by atoms with Gasteiger partial charge in [-0.05, 0) is 31.0 Å². The molecule has 3 aromatic rings. The van der Waals surface area contributed by atoms with E-state index in [-0.39, 0.29) is 12.5 Å². The number of nitrogens with zero attached hydrogens (tertiary/aromatic N) is 4. The van der Waals surface area contributed by atoms with E-state index in [1.54, 1.807) is 4.90 Å². The smallest absolute Gasteiger partial charge is 0.414 e. The molecule has 1 aromatic carbocycles. The van der Waals surface area contributed by atoms with Crippen molar-refractivity contribution in [1.29, 1.82) is 0 Å². The summed E-state index contributed by atoms with van der Waals surface area (Å²) in [6.45, 7) is 7.21. The van der Waals surface area contributed by atoms with Crippen molar-refractivity contribution in [2.24, 2.45) is 0 Å². The second-order valence-corrected chi connectivity index (χ2v) is 7.88. The molecule has 1 aliphatic rings. The van der Waals surface area contributed by atoms with E-state index >= 15 is 0 Å². The number of pyridine rings is 1. The standard InChI is InChI=1S/C22H28N6O3/c1-4-6-18-26-19-20(27(18)9-5-2)16-8-7-14(10-17(16)25-21(19)23)28-12-15(31-22(28)30)11-24-13(3)29/h7-8,10,15H,4-6,9,11-12H2,1-3H3,(H2,23,25)(H,24,29). The number of nitrogens with one attached hydrogen (secondary N) is 1. The molecule has 0 radical (unpaired) electrons. The van der Waals surface area contributed by atoms with Crippen LogP contribution in [-0.2, 0) is 22.5 Å². The van der Waals surface area contributed by atoms with Crippen molar-refractivity contribution in [3.8, 4) is 0 Å². The lowest BCUT2D eigenvalue weighted by Gasteiger charge is -2.15. The molecule has 1 unspecified atom stereocenters. The third kappa shape index (κ3) is 3.87. The Kier molecular flexibility index (Phi) is 5.67. The number of aryl methyl sites for hydroxylation is 2. The van der Waals surface area contributed by atoms with Crippen LogP contribution in [0, 0.1) is 0 Å². The number of cyclic esters (lactones) is 1. The summed E-state index contributed by atoms with van der Waals surface area (Å²) in [5.41, 5.74) is 9.40. The zero-order valence-corrected chi connectivity index (χ0v) is 18.1. The van der Waals surface area contributed by atoms with Crippen LogP contribution in [0.1, 0.15) is 39.4 Å². The number of anilines is 2. The van der Waals surface area contributed by atoms with Crippen LogP contribution in [0.2, 0.25) is 0 Å². The van der Waals surface area contributed by atoms with Crippen molar-refractivity contribution in [3.05, 3.63) is 24.0 Å². The van der Waals surface area contributed by atoms with E-state index in [1.807, 2.05) is 18.2 Å². The number of fused-ring (bicyclic) bond motifs is 3. The first-order valence-electron chi connectivity index (χ1n) is 10.7. The maximum Gasteiger partial charge on any atom is 0.414 e. The summed E-state index contributed by atoms with van der Waals surface area (Å²) >= 11 is 0. The average molecular weight is 425 g/mol. The van der Waals surface area contributed by atoms with Crippen LogP contribution in [0.3, 0.4) is 0 Å². The number of hydrogen-bond donors (Lipinski definition) is 2. The lowest BCUT2D eigenvalue weighted by atomic mass is 10.1. The number of rotatable bonds is 7. The zero-order chi connectivity index (χ0) is 22.1. The summed E-state index contributed by atoms with van der Waals surface area (Å²) in [6, 6.07) is 5.72. The Morgan fingerprint density at radius 1 is 1.29 bits per heavy atom. The third-order valence-electron chi connectivity index (χ3n) is 5.45. The molecule has 2 amide bonds. The number of carbonyl (C=O) groups is 2. The average Bonchev–Trinajstić information content (AvgIpc) is 3.28. The molecule has 0 aliphatic carbocycles. The Morgan fingerprint density at radius 2 is 2.10 bits per heavy atom. The van der Waals surface area contributed by atoms with Gasteiger partial charge in [0.25, 0.3) is 0 Å². The maximum absolute atomic E-state index is 12.4. The molecule has 1 aliphatic heterocycles. The molecule has 31 heavy (non-hydrogen) atoms. The van der Waals surface area contributed by atoms with E-state index < -0.39 is 12.2 Å². The SMILES string of the molecule is CCCc1nc2c(N)nc3cc(N4CC(CNC(C)=O)OC4=O)ccc3c2n1CCC. The summed E-state index contributed by atoms with van der Waals surface area (Å²) in [7, 11) is 0. The number of imidazole rings is 1. The van der Waals surface area contributed by atoms with Crippen LogP contribution >= 0.6 is 0 Å². The molecule has 3 N–H and O–H groups in total. The van der Waals surface area contributed by atoms with Crippen LogP contribution in [0.25, 0.3) is 21.9 Å². The van der Waals surface area contributed by atoms with Gasteiger partial charge in [0.1, 0.15) is 17.4 Å². The van der Waals surface area contributed by atoms with E-state index in [0.29, 0.717) is 23.6 Å². The summed E-state index contributed by atoms with van der Waals surface area (Å²) < 4.78 is 7.62. The van der Waals surface area contributed by atoms with Gasteiger partial charge >= 0.3 is 6.09 Å². The molecule has 9 heteroatoms. The minimum Gasteiger partial charge on any atom is -0.442 e. The highest BCUT2D eigenvalue weighted by Crippen LogP contribution is 2.32. The molecule has 164 valence electrons. The monoisotopic (exact) mass is 424 g/mol. The first-order valence-corrected chi connectivity index (χ1v) is 10.7. The van der Waals surface area contributed by atoms with Crippen molar-refractivity contribution >= 4 is 45.4 Å². The first kappa shape index (κ1) is 20.9. The first-order chi connectivity index (χ1) is 14.9. The van der Waals surface area contributed by atoms with Crippen molar-refractivity contribution in [3.63, 3.8) is 0 Å². The van der Waals surface area contributed by atoms with Crippen LogP contribution < -0.4 is 16.0 Å². The molecule has 2 aromatic heterocycles. The second-order valence-electron chi connectivity index (χ2n) is 7.88. The highest BCUT2D eigenvalue weighted by atomic mass is 16.6. The van der Waals surface area contributed by atoms with E-state index in [9.17, 15) is 9.59 Å². The fourth-order valence-corrected chi connectivity index (χ4v) is 4.09. The maximum atomic E-state index is 12.4. The Morgan fingerprint density at radius 3 is 2.81 bits per heavy atom. The van der Waals surface area contributed by atoms with E-state index in [1.165, 1.54) is 6.92 Å². The van der Waals surface area contributed by atoms with Gasteiger partial charge in [-0.1, -0.05) is 13.8 Å². The number of nitrogen functional groups attached to an aromatic ring is 1. The third-order valence-corrected chi connectivity index (χ3v) is 5.45. The molecule has 4 rings (SSSR count). The zero-order valence-electron chi connectivity index (χ0n) is 18.1. The Hall–Kier alpha value is -3.36. The molecule has 0 bridgehead atoms.